The minimum absolute atomic E-state index is 0.0525. The number of H-pyrrole nitrogens is 1. The first-order valence-corrected chi connectivity index (χ1v) is 13.7. The summed E-state index contributed by atoms with van der Waals surface area (Å²) in [7, 11) is 0. The lowest BCUT2D eigenvalue weighted by Gasteiger charge is -2.31. The second kappa shape index (κ2) is 14.0. The van der Waals surface area contributed by atoms with Crippen LogP contribution in [0.1, 0.15) is 64.5 Å². The summed E-state index contributed by atoms with van der Waals surface area (Å²) in [5, 5.41) is 1.15. The number of para-hydroxylation sites is 1. The van der Waals surface area contributed by atoms with Crippen LogP contribution in [-0.2, 0) is 22.6 Å². The molecule has 0 spiro atoms. The number of nitrogens with one attached hydrogen (secondary N) is 1. The van der Waals surface area contributed by atoms with E-state index in [0.29, 0.717) is 26.1 Å². The third kappa shape index (κ3) is 8.17. The minimum Gasteiger partial charge on any atom is -0.361 e. The van der Waals surface area contributed by atoms with Gasteiger partial charge < -0.3 is 14.8 Å². The Hall–Kier alpha value is -3.15. The van der Waals surface area contributed by atoms with Crippen LogP contribution in [0.3, 0.4) is 0 Å². The summed E-state index contributed by atoms with van der Waals surface area (Å²) < 4.78 is 13.5. The first kappa shape index (κ1) is 28.4. The molecule has 6 heteroatoms. The largest absolute Gasteiger partial charge is 0.361 e. The summed E-state index contributed by atoms with van der Waals surface area (Å²) in [5.41, 5.74) is 3.08. The Morgan fingerprint density at radius 2 is 1.73 bits per heavy atom. The molecule has 1 heterocycles. The summed E-state index contributed by atoms with van der Waals surface area (Å²) in [6.07, 6.45) is 6.37. The summed E-state index contributed by atoms with van der Waals surface area (Å²) >= 11 is 0. The number of aromatic amines is 1. The Bertz CT molecular complexity index is 1140. The van der Waals surface area contributed by atoms with E-state index in [0.717, 1.165) is 47.7 Å². The Kier molecular flexibility index (Phi) is 10.7. The molecule has 1 N–H and O–H groups in total. The SMILES string of the molecule is CCCC[C@H](CC)C(=O)N(CC(=O)N(CCc1c[nH]c2ccccc12)Cc1ccc(F)cc1)CC(C)C. The number of nitrogens with zero attached hydrogens (tertiary/aromatic N) is 2. The van der Waals surface area contributed by atoms with Gasteiger partial charge in [0.15, 0.2) is 0 Å². The molecule has 37 heavy (non-hydrogen) atoms. The number of benzene rings is 2. The smallest absolute Gasteiger partial charge is 0.242 e. The highest BCUT2D eigenvalue weighted by Gasteiger charge is 2.27. The minimum atomic E-state index is -0.299. The zero-order chi connectivity index (χ0) is 26.8. The Morgan fingerprint density at radius 1 is 1.00 bits per heavy atom. The van der Waals surface area contributed by atoms with Crippen molar-refractivity contribution in [3.8, 4) is 0 Å². The predicted octanol–water partition coefficient (Wildman–Crippen LogP) is 6.58. The van der Waals surface area contributed by atoms with Gasteiger partial charge in [-0.2, -0.15) is 0 Å². The van der Waals surface area contributed by atoms with Crippen LogP contribution < -0.4 is 0 Å². The number of unbranched alkanes of at least 4 members (excludes halogenated alkanes) is 1. The van der Waals surface area contributed by atoms with Crippen molar-refractivity contribution in [1.29, 1.82) is 0 Å². The second-order valence-electron chi connectivity index (χ2n) is 10.4. The highest BCUT2D eigenvalue weighted by Crippen LogP contribution is 2.20. The highest BCUT2D eigenvalue weighted by molar-refractivity contribution is 5.86. The van der Waals surface area contributed by atoms with Crippen molar-refractivity contribution in [3.63, 3.8) is 0 Å². The number of rotatable bonds is 14. The van der Waals surface area contributed by atoms with Crippen LogP contribution in [0.2, 0.25) is 0 Å². The van der Waals surface area contributed by atoms with Crippen LogP contribution in [0, 0.1) is 17.7 Å². The first-order chi connectivity index (χ1) is 17.8. The maximum absolute atomic E-state index is 13.7. The number of carbonyl (C=O) groups is 2. The molecule has 2 amide bonds. The fourth-order valence-electron chi connectivity index (χ4n) is 4.84. The summed E-state index contributed by atoms with van der Waals surface area (Å²) in [5.74, 6) is -0.0906. The third-order valence-electron chi connectivity index (χ3n) is 6.94. The van der Waals surface area contributed by atoms with Crippen molar-refractivity contribution in [2.45, 2.75) is 66.3 Å². The molecule has 200 valence electrons. The number of amides is 2. The molecule has 3 rings (SSSR count). The topological polar surface area (TPSA) is 56.4 Å². The lowest BCUT2D eigenvalue weighted by molar-refractivity contribution is -0.144. The average molecular weight is 508 g/mol. The van der Waals surface area contributed by atoms with Gasteiger partial charge in [0.05, 0.1) is 6.54 Å². The van der Waals surface area contributed by atoms with E-state index < -0.39 is 0 Å². The number of hydrogen-bond donors (Lipinski definition) is 1. The molecule has 1 aromatic heterocycles. The van der Waals surface area contributed by atoms with E-state index in [1.807, 2.05) is 29.3 Å². The number of hydrogen-bond acceptors (Lipinski definition) is 2. The van der Waals surface area contributed by atoms with Gasteiger partial charge in [-0.25, -0.2) is 4.39 Å². The summed E-state index contributed by atoms with van der Waals surface area (Å²) in [6.45, 7) is 9.83. The molecule has 0 aliphatic rings. The molecule has 0 unspecified atom stereocenters. The van der Waals surface area contributed by atoms with Crippen LogP contribution in [-0.4, -0.2) is 46.2 Å². The summed E-state index contributed by atoms with van der Waals surface area (Å²) in [4.78, 5) is 34.1. The summed E-state index contributed by atoms with van der Waals surface area (Å²) in [6, 6.07) is 14.4. The fourth-order valence-corrected chi connectivity index (χ4v) is 4.84. The quantitative estimate of drug-likeness (QED) is 0.268. The highest BCUT2D eigenvalue weighted by atomic mass is 19.1. The number of carbonyl (C=O) groups excluding carboxylic acids is 2. The van der Waals surface area contributed by atoms with Crippen LogP contribution in [0.5, 0.6) is 0 Å². The van der Waals surface area contributed by atoms with E-state index in [1.54, 1.807) is 17.0 Å². The van der Waals surface area contributed by atoms with E-state index in [1.165, 1.54) is 12.1 Å². The molecule has 0 saturated carbocycles. The molecule has 5 nitrogen and oxygen atoms in total. The fraction of sp³-hybridized carbons (Fsp3) is 0.484. The van der Waals surface area contributed by atoms with Crippen molar-refractivity contribution in [2.75, 3.05) is 19.6 Å². The van der Waals surface area contributed by atoms with Crippen LogP contribution in [0.15, 0.2) is 54.7 Å². The van der Waals surface area contributed by atoms with E-state index in [4.69, 9.17) is 0 Å². The predicted molar refractivity (Wildman–Crippen MR) is 149 cm³/mol. The molecule has 0 radical (unpaired) electrons. The van der Waals surface area contributed by atoms with Crippen molar-refractivity contribution in [1.82, 2.24) is 14.8 Å². The van der Waals surface area contributed by atoms with Crippen molar-refractivity contribution < 1.29 is 14.0 Å². The molecule has 2 aromatic carbocycles. The first-order valence-electron chi connectivity index (χ1n) is 13.7. The zero-order valence-electron chi connectivity index (χ0n) is 22.8. The van der Waals surface area contributed by atoms with Crippen molar-refractivity contribution in [2.24, 2.45) is 11.8 Å². The molecule has 1 atom stereocenters. The molecule has 0 aliphatic heterocycles. The van der Waals surface area contributed by atoms with Gasteiger partial charge in [0.1, 0.15) is 5.82 Å². The average Bonchev–Trinajstić information content (AvgIpc) is 3.30. The molecule has 3 aromatic rings. The number of halogens is 1. The van der Waals surface area contributed by atoms with Crippen LogP contribution in [0.25, 0.3) is 10.9 Å². The maximum atomic E-state index is 13.7. The Balaban J connectivity index is 1.79. The van der Waals surface area contributed by atoms with E-state index >= 15 is 0 Å². The van der Waals surface area contributed by atoms with E-state index in [9.17, 15) is 14.0 Å². The standard InChI is InChI=1S/C31H42FN3O2/c1-5-7-10-25(6-2)31(37)35(20-23(3)4)22-30(36)34(21-24-13-15-27(32)16-14-24)18-17-26-19-33-29-12-9-8-11-28(26)29/h8-9,11-16,19,23,25,33H,5-7,10,17-18,20-22H2,1-4H3/t25-/m0/s1. The van der Waals surface area contributed by atoms with Crippen molar-refractivity contribution >= 4 is 22.7 Å². The maximum Gasteiger partial charge on any atom is 0.242 e. The van der Waals surface area contributed by atoms with Crippen LogP contribution in [0.4, 0.5) is 4.39 Å². The van der Waals surface area contributed by atoms with E-state index in [-0.39, 0.29) is 36.0 Å². The third-order valence-corrected chi connectivity index (χ3v) is 6.94. The molecule has 0 aliphatic carbocycles. The zero-order valence-corrected chi connectivity index (χ0v) is 22.8. The van der Waals surface area contributed by atoms with Crippen LogP contribution >= 0.6 is 0 Å². The lowest BCUT2D eigenvalue weighted by Crippen LogP contribution is -2.46. The molecule has 0 saturated heterocycles. The van der Waals surface area contributed by atoms with Gasteiger partial charge >= 0.3 is 0 Å². The molecule has 0 fully saturated rings. The number of aromatic nitrogens is 1. The van der Waals surface area contributed by atoms with Gasteiger partial charge in [0.25, 0.3) is 0 Å². The normalized spacial score (nSPS) is 12.2. The lowest BCUT2D eigenvalue weighted by atomic mass is 9.97. The molecular formula is C31H42FN3O2. The van der Waals surface area contributed by atoms with Gasteiger partial charge in [0, 0.05) is 42.7 Å². The Morgan fingerprint density at radius 3 is 2.41 bits per heavy atom. The second-order valence-corrected chi connectivity index (χ2v) is 10.4. The van der Waals surface area contributed by atoms with Crippen molar-refractivity contribution in [3.05, 3.63) is 71.7 Å². The van der Waals surface area contributed by atoms with Gasteiger partial charge in [-0.05, 0) is 54.5 Å². The Labute approximate surface area is 221 Å². The van der Waals surface area contributed by atoms with E-state index in [2.05, 4.69) is 38.7 Å². The van der Waals surface area contributed by atoms with Gasteiger partial charge in [-0.15, -0.1) is 0 Å². The monoisotopic (exact) mass is 507 g/mol. The van der Waals surface area contributed by atoms with Gasteiger partial charge in [-0.3, -0.25) is 9.59 Å². The molecule has 0 bridgehead atoms. The number of fused-ring (bicyclic) bond motifs is 1. The molecular weight excluding hydrogens is 465 g/mol. The van der Waals surface area contributed by atoms with Gasteiger partial charge in [0.2, 0.25) is 11.8 Å². The van der Waals surface area contributed by atoms with Gasteiger partial charge in [-0.1, -0.05) is 70.9 Å².